The van der Waals surface area contributed by atoms with Gasteiger partial charge in [0.2, 0.25) is 5.91 Å². The first-order chi connectivity index (χ1) is 17.1. The van der Waals surface area contributed by atoms with Crippen LogP contribution in [0.25, 0.3) is 0 Å². The van der Waals surface area contributed by atoms with Gasteiger partial charge in [0, 0.05) is 36.6 Å². The first kappa shape index (κ1) is 27.2. The van der Waals surface area contributed by atoms with Gasteiger partial charge < -0.3 is 15.0 Å². The number of anilines is 1. The molecule has 1 aromatic heterocycles. The highest BCUT2D eigenvalue weighted by molar-refractivity contribution is 6.30. The maximum atomic E-state index is 13.0. The lowest BCUT2D eigenvalue weighted by molar-refractivity contribution is -0.141. The minimum atomic E-state index is -4.53. The molecule has 0 aliphatic carbocycles. The number of carbonyl (C=O) groups is 1. The molecular weight excluding hydrogens is 505 g/mol. The lowest BCUT2D eigenvalue weighted by Crippen LogP contribution is -2.40. The molecule has 3 aromatic rings. The summed E-state index contributed by atoms with van der Waals surface area (Å²) >= 11 is 6.01. The molecule has 0 aliphatic heterocycles. The number of alkyl halides is 5. The van der Waals surface area contributed by atoms with Crippen LogP contribution >= 0.6 is 11.6 Å². The number of ether oxygens (including phenoxy) is 1. The van der Waals surface area contributed by atoms with Crippen molar-refractivity contribution in [3.05, 3.63) is 88.7 Å². The van der Waals surface area contributed by atoms with Gasteiger partial charge >= 0.3 is 12.8 Å². The van der Waals surface area contributed by atoms with E-state index in [9.17, 15) is 26.7 Å². The van der Waals surface area contributed by atoms with Gasteiger partial charge in [0.1, 0.15) is 17.5 Å². The molecule has 0 unspecified atom stereocenters. The van der Waals surface area contributed by atoms with Gasteiger partial charge in [-0.3, -0.25) is 9.78 Å². The van der Waals surface area contributed by atoms with E-state index < -0.39 is 24.5 Å². The molecule has 0 fully saturated rings. The smallest absolute Gasteiger partial charge is 0.433 e. The normalized spacial score (nSPS) is 12.3. The summed E-state index contributed by atoms with van der Waals surface area (Å²) in [5.74, 6) is -0.431. The minimum absolute atomic E-state index is 0.0776. The highest BCUT2D eigenvalue weighted by atomic mass is 35.5. The summed E-state index contributed by atoms with van der Waals surface area (Å²) in [4.78, 5) is 18.2. The number of carbonyl (C=O) groups excluding carboxylic acids is 1. The van der Waals surface area contributed by atoms with Crippen molar-refractivity contribution < 1.29 is 31.5 Å². The van der Waals surface area contributed by atoms with Gasteiger partial charge in [-0.1, -0.05) is 35.9 Å². The Labute approximate surface area is 209 Å². The lowest BCUT2D eigenvalue weighted by atomic mass is 10.0. The van der Waals surface area contributed by atoms with Gasteiger partial charge in [0.05, 0.1) is 0 Å². The Morgan fingerprint density at radius 3 is 2.42 bits per heavy atom. The molecule has 0 bridgehead atoms. The number of amides is 1. The molecule has 192 valence electrons. The number of hydrogen-bond acceptors (Lipinski definition) is 4. The van der Waals surface area contributed by atoms with E-state index in [1.807, 2.05) is 0 Å². The molecule has 3 rings (SSSR count). The fourth-order valence-corrected chi connectivity index (χ4v) is 3.82. The van der Waals surface area contributed by atoms with E-state index in [4.69, 9.17) is 11.6 Å². The highest BCUT2D eigenvalue weighted by Crippen LogP contribution is 2.32. The fraction of sp³-hybridized carbons (Fsp3) is 0.280. The van der Waals surface area contributed by atoms with Gasteiger partial charge in [-0.15, -0.1) is 0 Å². The summed E-state index contributed by atoms with van der Waals surface area (Å²) in [5, 5.41) is 3.10. The first-order valence-corrected chi connectivity index (χ1v) is 11.3. The van der Waals surface area contributed by atoms with E-state index in [0.29, 0.717) is 34.7 Å². The number of nitrogens with one attached hydrogen (secondary N) is 1. The number of likely N-dealkylation sites (N-methyl/N-ethyl adjacent to an activating group) is 1. The predicted octanol–water partition coefficient (Wildman–Crippen LogP) is 6.28. The Balaban J connectivity index is 1.90. The van der Waals surface area contributed by atoms with Crippen molar-refractivity contribution in [2.45, 2.75) is 31.7 Å². The van der Waals surface area contributed by atoms with Crippen LogP contribution in [0.3, 0.4) is 0 Å². The Morgan fingerprint density at radius 1 is 1.11 bits per heavy atom. The van der Waals surface area contributed by atoms with Crippen molar-refractivity contribution in [1.82, 2.24) is 10.3 Å². The first-order valence-electron chi connectivity index (χ1n) is 10.9. The standard InChI is InChI=1S/C25H23ClF5N3O2/c1-32-23(35)22(17-8-10-18(26)11-9-17)34(19-5-2-6-20(14-19)36-24(27)28)13-3-4-16-7-12-21(33-15-16)25(29,30)31/h2,5-12,14-15,22,24H,3-4,13H2,1H3,(H,32,35)/t22-/m0/s1. The second-order valence-corrected chi connectivity index (χ2v) is 8.23. The summed E-state index contributed by atoms with van der Waals surface area (Å²) in [6.07, 6.45) is -2.57. The van der Waals surface area contributed by atoms with Gasteiger partial charge in [-0.25, -0.2) is 0 Å². The molecule has 1 atom stereocenters. The zero-order valence-corrected chi connectivity index (χ0v) is 19.9. The van der Waals surface area contributed by atoms with Crippen LogP contribution in [0.1, 0.15) is 29.3 Å². The monoisotopic (exact) mass is 527 g/mol. The highest BCUT2D eigenvalue weighted by Gasteiger charge is 2.32. The second-order valence-electron chi connectivity index (χ2n) is 7.79. The third-order valence-corrected chi connectivity index (χ3v) is 5.60. The average Bonchev–Trinajstić information content (AvgIpc) is 2.83. The van der Waals surface area contributed by atoms with Crippen LogP contribution in [-0.4, -0.2) is 31.1 Å². The maximum Gasteiger partial charge on any atom is 0.433 e. The maximum absolute atomic E-state index is 13.0. The number of rotatable bonds is 10. The van der Waals surface area contributed by atoms with Crippen LogP contribution in [0.15, 0.2) is 66.9 Å². The quantitative estimate of drug-likeness (QED) is 0.315. The molecule has 0 spiro atoms. The summed E-state index contributed by atoms with van der Waals surface area (Å²) in [5.41, 5.74) is 0.657. The van der Waals surface area contributed by atoms with E-state index in [0.717, 1.165) is 6.07 Å². The third-order valence-electron chi connectivity index (χ3n) is 5.35. The second kappa shape index (κ2) is 12.0. The van der Waals surface area contributed by atoms with Gasteiger partial charge in [-0.05, 0) is 54.3 Å². The van der Waals surface area contributed by atoms with Crippen molar-refractivity contribution in [2.24, 2.45) is 0 Å². The van der Waals surface area contributed by atoms with Crippen molar-refractivity contribution in [2.75, 3.05) is 18.5 Å². The summed E-state index contributed by atoms with van der Waals surface area (Å²) in [7, 11) is 1.48. The molecule has 0 radical (unpaired) electrons. The molecule has 0 aliphatic rings. The molecule has 0 saturated heterocycles. The van der Waals surface area contributed by atoms with Gasteiger partial charge in [-0.2, -0.15) is 22.0 Å². The van der Waals surface area contributed by atoms with Crippen LogP contribution in [0.2, 0.25) is 5.02 Å². The Kier molecular flexibility index (Phi) is 9.08. The number of pyridine rings is 1. The number of benzene rings is 2. The molecule has 36 heavy (non-hydrogen) atoms. The molecule has 1 amide bonds. The minimum Gasteiger partial charge on any atom is -0.435 e. The summed E-state index contributed by atoms with van der Waals surface area (Å²) in [6.45, 7) is -2.76. The van der Waals surface area contributed by atoms with E-state index in [-0.39, 0.29) is 18.2 Å². The average molecular weight is 528 g/mol. The molecule has 5 nitrogen and oxygen atoms in total. The Morgan fingerprint density at radius 2 is 1.83 bits per heavy atom. The number of halogens is 6. The molecule has 1 heterocycles. The van der Waals surface area contributed by atoms with E-state index in [2.05, 4.69) is 15.0 Å². The van der Waals surface area contributed by atoms with Crippen LogP contribution in [0.5, 0.6) is 5.75 Å². The molecule has 11 heteroatoms. The largest absolute Gasteiger partial charge is 0.435 e. The molecule has 2 aromatic carbocycles. The SMILES string of the molecule is CNC(=O)[C@H](c1ccc(Cl)cc1)N(CCCc1ccc(C(F)(F)F)nc1)c1cccc(OC(F)F)c1. The molecule has 0 saturated carbocycles. The summed E-state index contributed by atoms with van der Waals surface area (Å²) < 4.78 is 68.5. The lowest BCUT2D eigenvalue weighted by Gasteiger charge is -2.33. The van der Waals surface area contributed by atoms with Crippen LogP contribution in [0.4, 0.5) is 27.6 Å². The number of hydrogen-bond donors (Lipinski definition) is 1. The van der Waals surface area contributed by atoms with Gasteiger partial charge in [0.25, 0.3) is 0 Å². The van der Waals surface area contributed by atoms with E-state index >= 15 is 0 Å². The topological polar surface area (TPSA) is 54.5 Å². The zero-order valence-electron chi connectivity index (χ0n) is 19.1. The summed E-state index contributed by atoms with van der Waals surface area (Å²) in [6, 6.07) is 14.0. The van der Waals surface area contributed by atoms with E-state index in [1.165, 1.54) is 37.5 Å². The third kappa shape index (κ3) is 7.30. The predicted molar refractivity (Wildman–Crippen MR) is 126 cm³/mol. The van der Waals surface area contributed by atoms with E-state index in [1.54, 1.807) is 35.2 Å². The zero-order chi connectivity index (χ0) is 26.3. The van der Waals surface area contributed by atoms with Crippen LogP contribution in [0, 0.1) is 0 Å². The van der Waals surface area contributed by atoms with Gasteiger partial charge in [0.15, 0.2) is 0 Å². The van der Waals surface area contributed by atoms with Crippen molar-refractivity contribution in [3.8, 4) is 5.75 Å². The number of aryl methyl sites for hydroxylation is 1. The van der Waals surface area contributed by atoms with Crippen molar-refractivity contribution >= 4 is 23.2 Å². The van der Waals surface area contributed by atoms with Crippen molar-refractivity contribution in [3.63, 3.8) is 0 Å². The van der Waals surface area contributed by atoms with Crippen molar-refractivity contribution in [1.29, 1.82) is 0 Å². The number of nitrogens with zero attached hydrogens (tertiary/aromatic N) is 2. The fourth-order valence-electron chi connectivity index (χ4n) is 3.69. The Bertz CT molecular complexity index is 1140. The molecular formula is C25H23ClF5N3O2. The van der Waals surface area contributed by atoms with Crippen LogP contribution in [-0.2, 0) is 17.4 Å². The Hall–Kier alpha value is -3.40. The molecule has 1 N–H and O–H groups in total. The number of aromatic nitrogens is 1. The van der Waals surface area contributed by atoms with Crippen LogP contribution < -0.4 is 15.0 Å².